The molecule has 2 aromatic carbocycles. The summed E-state index contributed by atoms with van der Waals surface area (Å²) in [4.78, 5) is 27.0. The van der Waals surface area contributed by atoms with Gasteiger partial charge in [-0.2, -0.15) is 0 Å². The fourth-order valence-corrected chi connectivity index (χ4v) is 3.59. The molecule has 0 heterocycles. The predicted molar refractivity (Wildman–Crippen MR) is 113 cm³/mol. The zero-order chi connectivity index (χ0) is 20.6. The lowest BCUT2D eigenvalue weighted by molar-refractivity contribution is -0.159. The van der Waals surface area contributed by atoms with E-state index in [9.17, 15) is 9.59 Å². The zero-order valence-electron chi connectivity index (χ0n) is 17.2. The molecule has 2 unspecified atom stereocenters. The molecule has 5 nitrogen and oxygen atoms in total. The van der Waals surface area contributed by atoms with Crippen molar-refractivity contribution < 1.29 is 14.3 Å². The summed E-state index contributed by atoms with van der Waals surface area (Å²) in [7, 11) is 0. The van der Waals surface area contributed by atoms with Crippen LogP contribution in [-0.2, 0) is 27.4 Å². The number of nitrogens with zero attached hydrogens (tertiary/aromatic N) is 1. The third kappa shape index (κ3) is 6.43. The number of benzene rings is 2. The number of rotatable bonds is 10. The molecule has 0 aromatic heterocycles. The van der Waals surface area contributed by atoms with Gasteiger partial charge in [-0.05, 0) is 30.4 Å². The van der Waals surface area contributed by atoms with Crippen LogP contribution >= 0.6 is 0 Å². The lowest BCUT2D eigenvalue weighted by atomic mass is 10.0. The van der Waals surface area contributed by atoms with Crippen molar-refractivity contribution >= 4 is 11.9 Å². The van der Waals surface area contributed by atoms with Gasteiger partial charge in [0.25, 0.3) is 5.91 Å². The van der Waals surface area contributed by atoms with Crippen LogP contribution in [0.2, 0.25) is 0 Å². The summed E-state index contributed by atoms with van der Waals surface area (Å²) in [6, 6.07) is 20.4. The average molecular weight is 395 g/mol. The maximum absolute atomic E-state index is 12.9. The molecule has 1 amide bonds. The van der Waals surface area contributed by atoms with Gasteiger partial charge in [-0.1, -0.05) is 67.6 Å². The summed E-state index contributed by atoms with van der Waals surface area (Å²) >= 11 is 0. The van der Waals surface area contributed by atoms with Crippen LogP contribution in [0.3, 0.4) is 0 Å². The molecule has 5 heteroatoms. The topological polar surface area (TPSA) is 58.6 Å². The maximum Gasteiger partial charge on any atom is 0.303 e. The highest BCUT2D eigenvalue weighted by Gasteiger charge is 2.37. The Hall–Kier alpha value is -2.66. The highest BCUT2D eigenvalue weighted by atomic mass is 16.5. The fourth-order valence-electron chi connectivity index (χ4n) is 3.59. The van der Waals surface area contributed by atoms with E-state index in [1.807, 2.05) is 43.3 Å². The molecular formula is C24H30N2O3. The summed E-state index contributed by atoms with van der Waals surface area (Å²) in [5.41, 5.74) is 2.32. The number of hydrogen-bond donors (Lipinski definition) is 1. The minimum absolute atomic E-state index is 0.194. The van der Waals surface area contributed by atoms with Crippen molar-refractivity contribution in [2.45, 2.75) is 64.4 Å². The van der Waals surface area contributed by atoms with Crippen LogP contribution in [0, 0.1) is 0 Å². The lowest BCUT2D eigenvalue weighted by Crippen LogP contribution is -2.52. The van der Waals surface area contributed by atoms with Gasteiger partial charge < -0.3 is 10.1 Å². The Morgan fingerprint density at radius 1 is 1.00 bits per heavy atom. The normalized spacial score (nSPS) is 15.6. The first kappa shape index (κ1) is 21.1. The van der Waals surface area contributed by atoms with Crippen molar-refractivity contribution in [2.75, 3.05) is 0 Å². The standard InChI is InChI=1S/C24H30N2O3/c1-3-22(23(29-18(2)27)24(28)25-21-14-15-21)26(16-19-10-6-4-7-11-19)17-20-12-8-5-9-13-20/h4-13,21-23H,3,14-17H2,1-2H3,(H,25,28). The summed E-state index contributed by atoms with van der Waals surface area (Å²) < 4.78 is 5.56. The Bertz CT molecular complexity index is 749. The van der Waals surface area contributed by atoms with Crippen molar-refractivity contribution in [3.63, 3.8) is 0 Å². The largest absolute Gasteiger partial charge is 0.451 e. The van der Waals surface area contributed by atoms with Gasteiger partial charge in [-0.3, -0.25) is 14.5 Å². The first-order chi connectivity index (χ1) is 14.1. The van der Waals surface area contributed by atoms with Crippen LogP contribution in [-0.4, -0.2) is 35.0 Å². The molecule has 0 saturated heterocycles. The molecular weight excluding hydrogens is 364 g/mol. The van der Waals surface area contributed by atoms with Gasteiger partial charge in [0.15, 0.2) is 6.10 Å². The predicted octanol–water partition coefficient (Wildman–Crippen LogP) is 3.68. The summed E-state index contributed by atoms with van der Waals surface area (Å²) in [6.07, 6.45) is 1.85. The van der Waals surface area contributed by atoms with Crippen molar-refractivity contribution in [2.24, 2.45) is 0 Å². The Morgan fingerprint density at radius 3 is 1.93 bits per heavy atom. The van der Waals surface area contributed by atoms with Gasteiger partial charge in [-0.15, -0.1) is 0 Å². The third-order valence-corrected chi connectivity index (χ3v) is 5.17. The van der Waals surface area contributed by atoms with E-state index in [1.165, 1.54) is 6.92 Å². The lowest BCUT2D eigenvalue weighted by Gasteiger charge is -2.35. The highest BCUT2D eigenvalue weighted by molar-refractivity contribution is 5.84. The average Bonchev–Trinajstić information content (AvgIpc) is 3.53. The molecule has 2 atom stereocenters. The molecule has 0 aliphatic heterocycles. The molecule has 1 saturated carbocycles. The first-order valence-corrected chi connectivity index (χ1v) is 10.4. The van der Waals surface area contributed by atoms with Crippen LogP contribution in [0.5, 0.6) is 0 Å². The maximum atomic E-state index is 12.9. The van der Waals surface area contributed by atoms with Crippen LogP contribution in [0.1, 0.15) is 44.2 Å². The smallest absolute Gasteiger partial charge is 0.303 e. The van der Waals surface area contributed by atoms with Crippen LogP contribution in [0.25, 0.3) is 0 Å². The molecule has 1 fully saturated rings. The van der Waals surface area contributed by atoms with E-state index in [0.717, 1.165) is 24.0 Å². The quantitative estimate of drug-likeness (QED) is 0.625. The number of hydrogen-bond acceptors (Lipinski definition) is 4. The number of nitrogens with one attached hydrogen (secondary N) is 1. The van der Waals surface area contributed by atoms with Crippen molar-refractivity contribution in [3.05, 3.63) is 71.8 Å². The molecule has 1 aliphatic rings. The van der Waals surface area contributed by atoms with Crippen molar-refractivity contribution in [1.82, 2.24) is 10.2 Å². The first-order valence-electron chi connectivity index (χ1n) is 10.4. The molecule has 0 bridgehead atoms. The van der Waals surface area contributed by atoms with Gasteiger partial charge >= 0.3 is 5.97 Å². The van der Waals surface area contributed by atoms with E-state index < -0.39 is 12.1 Å². The number of carbonyl (C=O) groups excluding carboxylic acids is 2. The molecule has 29 heavy (non-hydrogen) atoms. The van der Waals surface area contributed by atoms with Crippen LogP contribution < -0.4 is 5.32 Å². The van der Waals surface area contributed by atoms with Crippen LogP contribution in [0.4, 0.5) is 0 Å². The molecule has 3 rings (SSSR count). The number of carbonyl (C=O) groups is 2. The van der Waals surface area contributed by atoms with Gasteiger partial charge in [0, 0.05) is 26.1 Å². The second-order valence-electron chi connectivity index (χ2n) is 7.66. The van der Waals surface area contributed by atoms with Crippen molar-refractivity contribution in [3.8, 4) is 0 Å². The van der Waals surface area contributed by atoms with E-state index in [2.05, 4.69) is 34.5 Å². The Labute approximate surface area is 173 Å². The molecule has 2 aromatic rings. The molecule has 1 N–H and O–H groups in total. The monoisotopic (exact) mass is 394 g/mol. The van der Waals surface area contributed by atoms with Crippen LogP contribution in [0.15, 0.2) is 60.7 Å². The Balaban J connectivity index is 1.86. The molecule has 0 spiro atoms. The van der Waals surface area contributed by atoms with E-state index in [0.29, 0.717) is 19.5 Å². The highest BCUT2D eigenvalue weighted by Crippen LogP contribution is 2.23. The van der Waals surface area contributed by atoms with Gasteiger partial charge in [0.05, 0.1) is 6.04 Å². The second kappa shape index (κ2) is 10.2. The fraction of sp³-hybridized carbons (Fsp3) is 0.417. The van der Waals surface area contributed by atoms with Gasteiger partial charge in [0.1, 0.15) is 0 Å². The molecule has 154 valence electrons. The van der Waals surface area contributed by atoms with Gasteiger partial charge in [0.2, 0.25) is 0 Å². The van der Waals surface area contributed by atoms with E-state index in [-0.39, 0.29) is 18.0 Å². The third-order valence-electron chi connectivity index (χ3n) is 5.17. The Kier molecular flexibility index (Phi) is 7.42. The molecule has 1 aliphatic carbocycles. The zero-order valence-corrected chi connectivity index (χ0v) is 17.2. The second-order valence-corrected chi connectivity index (χ2v) is 7.66. The summed E-state index contributed by atoms with van der Waals surface area (Å²) in [5.74, 6) is -0.626. The minimum Gasteiger partial charge on any atom is -0.451 e. The number of ether oxygens (including phenoxy) is 1. The number of esters is 1. The molecule has 0 radical (unpaired) electrons. The van der Waals surface area contributed by atoms with E-state index >= 15 is 0 Å². The SMILES string of the molecule is CCC(C(OC(C)=O)C(=O)NC1CC1)N(Cc1ccccc1)Cc1ccccc1. The minimum atomic E-state index is -0.828. The van der Waals surface area contributed by atoms with Crippen molar-refractivity contribution in [1.29, 1.82) is 0 Å². The van der Waals surface area contributed by atoms with E-state index in [4.69, 9.17) is 4.74 Å². The Morgan fingerprint density at radius 2 is 1.52 bits per heavy atom. The summed E-state index contributed by atoms with van der Waals surface area (Å²) in [6.45, 7) is 4.74. The number of amides is 1. The summed E-state index contributed by atoms with van der Waals surface area (Å²) in [5, 5.41) is 3.01. The van der Waals surface area contributed by atoms with Gasteiger partial charge in [-0.25, -0.2) is 0 Å². The van der Waals surface area contributed by atoms with E-state index in [1.54, 1.807) is 0 Å².